The zero-order chi connectivity index (χ0) is 22.4. The molecule has 2 aromatic rings. The second kappa shape index (κ2) is 12.5. The monoisotopic (exact) mass is 682 g/mol. The van der Waals surface area contributed by atoms with Gasteiger partial charge in [-0.1, -0.05) is 58.1 Å². The molecular weight excluding hydrogens is 654 g/mol. The first kappa shape index (κ1) is 25.7. The summed E-state index contributed by atoms with van der Waals surface area (Å²) in [6, 6.07) is 0. The average molecular weight is 682 g/mol. The maximum Gasteiger partial charge on any atom is 0.239 e. The number of rotatable bonds is 12. The van der Waals surface area contributed by atoms with Crippen LogP contribution in [-0.2, 0) is 26.2 Å². The molecule has 14 heteroatoms. The summed E-state index contributed by atoms with van der Waals surface area (Å²) in [4.78, 5) is 4.46. The molecule has 0 fully saturated rings. The predicted octanol–water partition coefficient (Wildman–Crippen LogP) is 3.60. The minimum absolute atomic E-state index is 0.400. The Bertz CT molecular complexity index is 783. The van der Waals surface area contributed by atoms with Crippen LogP contribution in [-0.4, -0.2) is 64.5 Å². The van der Waals surface area contributed by atoms with E-state index in [2.05, 4.69) is 116 Å². The van der Waals surface area contributed by atoms with E-state index >= 15 is 0 Å². The van der Waals surface area contributed by atoms with Gasteiger partial charge in [-0.3, -0.25) is 9.36 Å². The molecule has 3 heterocycles. The van der Waals surface area contributed by atoms with E-state index in [4.69, 9.17) is 7.57 Å². The van der Waals surface area contributed by atoms with Crippen molar-refractivity contribution in [2.75, 3.05) is 12.8 Å². The fourth-order valence-corrected chi connectivity index (χ4v) is 7.65. The summed E-state index contributed by atoms with van der Waals surface area (Å²) < 4.78 is 4.49. The topological polar surface area (TPSA) is 67.9 Å². The first-order chi connectivity index (χ1) is 14.8. The van der Waals surface area contributed by atoms with Crippen molar-refractivity contribution in [3.05, 3.63) is 36.2 Å². The molecule has 0 saturated heterocycles. The van der Waals surface area contributed by atoms with Gasteiger partial charge >= 0.3 is 0 Å². The molecular formula is C17H28B2I2N8P2. The number of aromatic nitrogens is 6. The Morgan fingerprint density at radius 3 is 2.06 bits per heavy atom. The molecule has 4 atom stereocenters. The molecule has 0 amide bonds. The van der Waals surface area contributed by atoms with Crippen molar-refractivity contribution >= 4 is 70.8 Å². The molecule has 0 saturated carbocycles. The quantitative estimate of drug-likeness (QED) is 0.194. The van der Waals surface area contributed by atoms with Crippen LogP contribution in [0.5, 0.6) is 0 Å². The van der Waals surface area contributed by atoms with Gasteiger partial charge in [-0.05, 0) is 18.0 Å². The van der Waals surface area contributed by atoms with Crippen LogP contribution in [0.15, 0.2) is 24.8 Å². The van der Waals surface area contributed by atoms with Gasteiger partial charge in [0.05, 0.1) is 32.2 Å². The molecule has 0 bridgehead atoms. The van der Waals surface area contributed by atoms with Gasteiger partial charge in [-0.25, -0.2) is 0 Å². The number of hydrogen-bond donors (Lipinski definition) is 0. The summed E-state index contributed by atoms with van der Waals surface area (Å²) in [5.41, 5.74) is 1.57. The molecule has 3 rings (SSSR count). The Labute approximate surface area is 216 Å². The van der Waals surface area contributed by atoms with Crippen molar-refractivity contribution in [2.24, 2.45) is 11.8 Å². The minimum atomic E-state index is -0.400. The normalized spacial score (nSPS) is 16.7. The van der Waals surface area contributed by atoms with E-state index in [1.165, 1.54) is 0 Å². The van der Waals surface area contributed by atoms with Gasteiger partial charge in [0.25, 0.3) is 0 Å². The summed E-state index contributed by atoms with van der Waals surface area (Å²) in [5.74, 6) is 1.08. The fraction of sp³-hybridized carbons (Fsp3) is 0.647. The van der Waals surface area contributed by atoms with Gasteiger partial charge in [-0.15, -0.1) is 32.6 Å². The highest BCUT2D eigenvalue weighted by Crippen LogP contribution is 2.41. The molecule has 8 nitrogen and oxygen atoms in total. The number of hydrogen-bond acceptors (Lipinski definition) is 6. The first-order valence-electron chi connectivity index (χ1n) is 10.3. The third-order valence-corrected chi connectivity index (χ3v) is 7.80. The predicted molar refractivity (Wildman–Crippen MR) is 149 cm³/mol. The fourth-order valence-electron chi connectivity index (χ4n) is 3.59. The summed E-state index contributed by atoms with van der Waals surface area (Å²) in [7, 11) is 8.80. The molecule has 166 valence electrons. The molecule has 0 N–H and O–H groups in total. The van der Waals surface area contributed by atoms with E-state index in [0.717, 1.165) is 56.7 Å². The highest BCUT2D eigenvalue weighted by atomic mass is 127. The van der Waals surface area contributed by atoms with Crippen LogP contribution in [0, 0.1) is 11.8 Å². The van der Waals surface area contributed by atoms with Crippen molar-refractivity contribution in [3.63, 3.8) is 0 Å². The van der Waals surface area contributed by atoms with Crippen molar-refractivity contribution in [2.45, 2.75) is 46.3 Å². The van der Waals surface area contributed by atoms with Gasteiger partial charge < -0.3 is 9.80 Å². The number of nitrogens with zero attached hydrogens (tertiary/aromatic N) is 8. The van der Waals surface area contributed by atoms with Gasteiger partial charge in [0.1, 0.15) is 19.0 Å². The highest BCUT2D eigenvalue weighted by Gasteiger charge is 2.17. The standard InChI is InChI=1S/C17H28B2I2N8P2/c1-14(5-19(20)30)6-28-10-16(22-24-28)8-26-3-4-27(13-26)9-17-11-29(25-23-17)7-15(2)12-31(18)21/h3-4,10-11,14-15H,5-9,12-13,30H2,1-2H3. The minimum Gasteiger partial charge on any atom is -0.353 e. The van der Waals surface area contributed by atoms with Crippen molar-refractivity contribution in [1.29, 1.82) is 0 Å². The second-order valence-electron chi connectivity index (χ2n) is 8.34. The zero-order valence-electron chi connectivity index (χ0n) is 17.9. The first-order valence-corrected chi connectivity index (χ1v) is 16.6. The zero-order valence-corrected chi connectivity index (χ0v) is 24.3. The molecule has 31 heavy (non-hydrogen) atoms. The van der Waals surface area contributed by atoms with Gasteiger partial charge in [-0.2, -0.15) is 9.12 Å². The maximum atomic E-state index is 5.95. The largest absolute Gasteiger partial charge is 0.353 e. The van der Waals surface area contributed by atoms with Crippen LogP contribution in [0.1, 0.15) is 25.2 Å². The van der Waals surface area contributed by atoms with E-state index in [-0.39, 0.29) is 0 Å². The van der Waals surface area contributed by atoms with Crippen LogP contribution in [0.3, 0.4) is 0 Å². The molecule has 0 aliphatic carbocycles. The van der Waals surface area contributed by atoms with Crippen LogP contribution in [0.4, 0.5) is 0 Å². The molecule has 4 unspecified atom stereocenters. The van der Waals surface area contributed by atoms with Crippen LogP contribution in [0.2, 0.25) is 6.32 Å². The Morgan fingerprint density at radius 1 is 1.06 bits per heavy atom. The van der Waals surface area contributed by atoms with Gasteiger partial charge in [0, 0.05) is 25.5 Å². The third-order valence-electron chi connectivity index (χ3n) is 4.87. The Kier molecular flexibility index (Phi) is 10.4. The summed E-state index contributed by atoms with van der Waals surface area (Å²) in [5, 5.41) is 17.3. The third kappa shape index (κ3) is 9.08. The summed E-state index contributed by atoms with van der Waals surface area (Å²) in [6.07, 6.45) is 10.5. The Balaban J connectivity index is 1.43. The summed E-state index contributed by atoms with van der Waals surface area (Å²) in [6.45, 7) is 8.54. The lowest BCUT2D eigenvalue weighted by atomic mass is 9.91. The van der Waals surface area contributed by atoms with E-state index < -0.39 is 5.44 Å². The highest BCUT2D eigenvalue weighted by molar-refractivity contribution is 14.2. The molecule has 0 spiro atoms. The molecule has 0 aromatic carbocycles. The van der Waals surface area contributed by atoms with Crippen LogP contribution >= 0.6 is 59.0 Å². The second-order valence-corrected chi connectivity index (χ2v) is 17.0. The van der Waals surface area contributed by atoms with Gasteiger partial charge in [0.2, 0.25) is 4.29 Å². The van der Waals surface area contributed by atoms with E-state index in [9.17, 15) is 0 Å². The van der Waals surface area contributed by atoms with E-state index in [1.54, 1.807) is 0 Å². The van der Waals surface area contributed by atoms with Crippen molar-refractivity contribution < 1.29 is 0 Å². The van der Waals surface area contributed by atoms with Gasteiger partial charge in [0.15, 0.2) is 0 Å². The molecule has 1 aliphatic rings. The summed E-state index contributed by atoms with van der Waals surface area (Å²) >= 11 is 4.77. The Morgan fingerprint density at radius 2 is 1.58 bits per heavy atom. The van der Waals surface area contributed by atoms with E-state index in [1.807, 2.05) is 15.6 Å². The molecule has 2 aromatic heterocycles. The van der Waals surface area contributed by atoms with Crippen LogP contribution < -0.4 is 0 Å². The SMILES string of the molecule is [B]P(I)CC(C)Cn1cc(CN2C=CN(Cc3cn(CC(C)CB(P)I)nn3)C2)nn1. The maximum absolute atomic E-state index is 5.95. The lowest BCUT2D eigenvalue weighted by molar-refractivity contribution is 0.251. The smallest absolute Gasteiger partial charge is 0.239 e. The average Bonchev–Trinajstić information content (AvgIpc) is 3.37. The molecule has 2 radical (unpaired) electrons. The number of halogens is 2. The van der Waals surface area contributed by atoms with Crippen LogP contribution in [0.25, 0.3) is 0 Å². The lowest BCUT2D eigenvalue weighted by Gasteiger charge is -2.19. The van der Waals surface area contributed by atoms with Crippen molar-refractivity contribution in [1.82, 2.24) is 39.8 Å². The molecule has 1 aliphatic heterocycles. The lowest BCUT2D eigenvalue weighted by Crippen LogP contribution is -2.25. The van der Waals surface area contributed by atoms with Crippen molar-refractivity contribution in [3.8, 4) is 0 Å². The Hall–Kier alpha value is 0.0699. The van der Waals surface area contributed by atoms with E-state index in [0.29, 0.717) is 16.1 Å².